The van der Waals surface area contributed by atoms with E-state index in [9.17, 15) is 0 Å². The molecule has 0 bridgehead atoms. The molecule has 4 heavy (non-hydrogen) atoms. The summed E-state index contributed by atoms with van der Waals surface area (Å²) in [5.74, 6) is 0. The van der Waals surface area contributed by atoms with Crippen molar-refractivity contribution in [1.82, 2.24) is 0 Å². The molecule has 0 aromatic heterocycles. The Balaban J connectivity index is -0.000000000500. The third kappa shape index (κ3) is 8.96. The average molecular weight is 157 g/mol. The van der Waals surface area contributed by atoms with Crippen LogP contribution in [0.2, 0.25) is 0 Å². The molecule has 0 aliphatic heterocycles. The second-order valence-corrected chi connectivity index (χ2v) is 0. The molecular formula is H3CaCoKO. The van der Waals surface area contributed by atoms with Crippen molar-refractivity contribution >= 4 is 37.7 Å². The van der Waals surface area contributed by atoms with Gasteiger partial charge in [-0.05, 0) is 0 Å². The van der Waals surface area contributed by atoms with Gasteiger partial charge in [0.2, 0.25) is 0 Å². The summed E-state index contributed by atoms with van der Waals surface area (Å²) in [6.45, 7) is 0. The van der Waals surface area contributed by atoms with Gasteiger partial charge in [-0.15, -0.1) is 0 Å². The van der Waals surface area contributed by atoms with Crippen LogP contribution in [0.25, 0.3) is 0 Å². The van der Waals surface area contributed by atoms with E-state index in [2.05, 4.69) is 15.7 Å². The van der Waals surface area contributed by atoms with Crippen molar-refractivity contribution < 1.29 is 75.2 Å². The van der Waals surface area contributed by atoms with Gasteiger partial charge < -0.3 is 4.28 Å². The Labute approximate surface area is 110 Å². The van der Waals surface area contributed by atoms with Gasteiger partial charge in [-0.2, -0.15) is 0 Å². The van der Waals surface area contributed by atoms with Gasteiger partial charge in [0.25, 0.3) is 0 Å². The zero-order valence-corrected chi connectivity index (χ0v) is 8.82. The zero-order chi connectivity index (χ0) is 2.00. The SMILES string of the molecule is [Ca+2].[H-].[H-].[H-].[K+].[O]=[Co]. The first-order chi connectivity index (χ1) is 1.00. The molecule has 0 amide bonds. The van der Waals surface area contributed by atoms with E-state index in [-0.39, 0.29) is 93.4 Å². The second-order valence-electron chi connectivity index (χ2n) is 0. The normalized spacial score (nSPS) is 1.25. The Morgan fingerprint density at radius 1 is 1.50 bits per heavy atom. The third-order valence-electron chi connectivity index (χ3n) is 0. The Bertz CT molecular complexity index is 14.9. The second kappa shape index (κ2) is 16.4. The first kappa shape index (κ1) is 15.7. The van der Waals surface area contributed by atoms with E-state index < -0.39 is 0 Å². The molecule has 21 valence electrons. The standard InChI is InChI=1S/Ca.Co.K.O.3H/q+2;;+1;;3*-1. The summed E-state index contributed by atoms with van der Waals surface area (Å²) in [5, 5.41) is 0. The fourth-order valence-electron chi connectivity index (χ4n) is 0. The van der Waals surface area contributed by atoms with Crippen LogP contribution in [0.3, 0.4) is 0 Å². The van der Waals surface area contributed by atoms with E-state index in [0.29, 0.717) is 0 Å². The molecule has 0 aromatic carbocycles. The van der Waals surface area contributed by atoms with Gasteiger partial charge in [0.15, 0.2) is 0 Å². The molecule has 0 aromatic rings. The van der Waals surface area contributed by atoms with Crippen LogP contribution in [0.1, 0.15) is 4.28 Å². The monoisotopic (exact) mass is 157 g/mol. The Morgan fingerprint density at radius 2 is 1.50 bits per heavy atom. The van der Waals surface area contributed by atoms with Crippen molar-refractivity contribution in [2.75, 3.05) is 0 Å². The van der Waals surface area contributed by atoms with Gasteiger partial charge in [-0.3, -0.25) is 0 Å². The molecule has 0 N–H and O–H groups in total. The average Bonchev–Trinajstić information content (AvgIpc) is 1.00. The summed E-state index contributed by atoms with van der Waals surface area (Å²) < 4.78 is 7.94. The topological polar surface area (TPSA) is 17.1 Å². The third-order valence-corrected chi connectivity index (χ3v) is 0. The summed E-state index contributed by atoms with van der Waals surface area (Å²) in [7, 11) is 0. The van der Waals surface area contributed by atoms with Crippen molar-refractivity contribution in [3.63, 3.8) is 0 Å². The van der Waals surface area contributed by atoms with Gasteiger partial charge in [-0.25, -0.2) is 0 Å². The van der Waals surface area contributed by atoms with Crippen LogP contribution < -0.4 is 51.4 Å². The van der Waals surface area contributed by atoms with E-state index in [4.69, 9.17) is 3.87 Å². The van der Waals surface area contributed by atoms with E-state index in [1.54, 1.807) is 0 Å². The number of hydrogen-bond donors (Lipinski definition) is 0. The van der Waals surface area contributed by atoms with Crippen LogP contribution in [-0.2, 0) is 19.5 Å². The Kier molecular flexibility index (Phi) is 64.2. The van der Waals surface area contributed by atoms with Crippen LogP contribution in [0.5, 0.6) is 0 Å². The molecule has 0 spiro atoms. The molecule has 0 radical (unpaired) electrons. The maximum absolute atomic E-state index is 7.94. The summed E-state index contributed by atoms with van der Waals surface area (Å²) in [4.78, 5) is 0. The quantitative estimate of drug-likeness (QED) is 0.339. The molecule has 0 aliphatic rings. The van der Waals surface area contributed by atoms with Crippen molar-refractivity contribution in [2.45, 2.75) is 0 Å². The molecular weight excluding hydrogens is 154 g/mol. The predicted molar refractivity (Wildman–Crippen MR) is 9.78 cm³/mol. The Hall–Kier alpha value is 3.20. The Morgan fingerprint density at radius 3 is 1.50 bits per heavy atom. The molecule has 0 heterocycles. The summed E-state index contributed by atoms with van der Waals surface area (Å²) in [6.07, 6.45) is 0. The molecule has 0 saturated carbocycles. The van der Waals surface area contributed by atoms with E-state index in [1.165, 1.54) is 0 Å². The summed E-state index contributed by atoms with van der Waals surface area (Å²) >= 11 is 2.31. The zero-order valence-electron chi connectivity index (χ0n) is 5.45. The van der Waals surface area contributed by atoms with Gasteiger partial charge in [-0.1, -0.05) is 0 Å². The fraction of sp³-hybridized carbons (Fsp3) is 0. The van der Waals surface area contributed by atoms with Crippen LogP contribution in [0.15, 0.2) is 0 Å². The minimum absolute atomic E-state index is 0. The van der Waals surface area contributed by atoms with Crippen LogP contribution in [-0.4, -0.2) is 37.7 Å². The molecule has 0 fully saturated rings. The summed E-state index contributed by atoms with van der Waals surface area (Å²) in [5.41, 5.74) is 0. The van der Waals surface area contributed by atoms with Gasteiger partial charge in [0.05, 0.1) is 0 Å². The van der Waals surface area contributed by atoms with Gasteiger partial charge in [0, 0.05) is 0 Å². The molecule has 0 saturated heterocycles. The van der Waals surface area contributed by atoms with Crippen molar-refractivity contribution in [2.24, 2.45) is 0 Å². The van der Waals surface area contributed by atoms with Crippen molar-refractivity contribution in [1.29, 1.82) is 0 Å². The van der Waals surface area contributed by atoms with Crippen molar-refractivity contribution in [3.8, 4) is 0 Å². The van der Waals surface area contributed by atoms with Crippen LogP contribution >= 0.6 is 0 Å². The van der Waals surface area contributed by atoms with Crippen LogP contribution in [0.4, 0.5) is 0 Å². The van der Waals surface area contributed by atoms with Gasteiger partial charge >= 0.3 is 109 Å². The van der Waals surface area contributed by atoms with E-state index >= 15 is 0 Å². The number of hydrogen-bond acceptors (Lipinski definition) is 1. The molecule has 0 rings (SSSR count). The minimum atomic E-state index is 0. The molecule has 0 aliphatic carbocycles. The van der Waals surface area contributed by atoms with E-state index in [0.717, 1.165) is 0 Å². The first-order valence-corrected chi connectivity index (χ1v) is 0.561. The molecule has 0 unspecified atom stereocenters. The summed E-state index contributed by atoms with van der Waals surface area (Å²) in [6, 6.07) is 0. The number of rotatable bonds is 0. The molecule has 0 atom stereocenters. The molecule has 4 heteroatoms. The predicted octanol–water partition coefficient (Wildman–Crippen LogP) is -3.16. The van der Waals surface area contributed by atoms with Crippen molar-refractivity contribution in [3.05, 3.63) is 0 Å². The molecule has 1 nitrogen and oxygen atoms in total. The van der Waals surface area contributed by atoms with E-state index in [1.807, 2.05) is 0 Å². The maximum atomic E-state index is 7.94. The van der Waals surface area contributed by atoms with Crippen LogP contribution in [0, 0.1) is 0 Å². The first-order valence-electron chi connectivity index (χ1n) is 0.136. The van der Waals surface area contributed by atoms with Gasteiger partial charge in [0.1, 0.15) is 0 Å². The fourth-order valence-corrected chi connectivity index (χ4v) is 0.